The Balaban J connectivity index is 0.00000210. The first kappa shape index (κ1) is 26.3. The third-order valence-corrected chi connectivity index (χ3v) is 5.06. The lowest BCUT2D eigenvalue weighted by molar-refractivity contribution is 0.0374. The lowest BCUT2D eigenvalue weighted by Gasteiger charge is -2.26. The fraction of sp³-hybridized carbons (Fsp3) is 0.429. The molecular weight excluding hydrogens is 454 g/mol. The SMILES string of the molecule is Cl.Cl.Clc1ccc(COc2ccc(Cl)cc2CNCCCN2CCOCC2)cc1. The predicted octanol–water partition coefficient (Wildman–Crippen LogP) is 5.23. The summed E-state index contributed by atoms with van der Waals surface area (Å²) in [6.45, 7) is 7.08. The predicted molar refractivity (Wildman–Crippen MR) is 125 cm³/mol. The minimum atomic E-state index is 0. The van der Waals surface area contributed by atoms with E-state index in [2.05, 4.69) is 10.2 Å². The molecule has 0 spiro atoms. The van der Waals surface area contributed by atoms with Crippen LogP contribution in [0.4, 0.5) is 0 Å². The molecule has 0 saturated carbocycles. The van der Waals surface area contributed by atoms with Gasteiger partial charge in [-0.15, -0.1) is 24.8 Å². The highest BCUT2D eigenvalue weighted by Gasteiger charge is 2.09. The molecule has 1 saturated heterocycles. The highest BCUT2D eigenvalue weighted by molar-refractivity contribution is 6.30. The Kier molecular flexibility index (Phi) is 13.0. The molecule has 1 aliphatic heterocycles. The number of hydrogen-bond donors (Lipinski definition) is 1. The lowest BCUT2D eigenvalue weighted by Crippen LogP contribution is -2.37. The summed E-state index contributed by atoms with van der Waals surface area (Å²) in [6, 6.07) is 13.5. The Morgan fingerprint density at radius 2 is 1.66 bits per heavy atom. The van der Waals surface area contributed by atoms with Crippen molar-refractivity contribution in [3.05, 3.63) is 63.6 Å². The van der Waals surface area contributed by atoms with Crippen molar-refractivity contribution in [2.45, 2.75) is 19.6 Å². The van der Waals surface area contributed by atoms with E-state index in [0.29, 0.717) is 6.61 Å². The van der Waals surface area contributed by atoms with Crippen LogP contribution in [0.1, 0.15) is 17.5 Å². The second-order valence-corrected chi connectivity index (χ2v) is 7.52. The molecule has 1 fully saturated rings. The van der Waals surface area contributed by atoms with E-state index in [1.165, 1.54) is 0 Å². The molecule has 0 radical (unpaired) electrons. The molecule has 2 aromatic rings. The molecular formula is C21H28Cl4N2O2. The Hall–Kier alpha value is -0.720. The maximum Gasteiger partial charge on any atom is 0.124 e. The van der Waals surface area contributed by atoms with Gasteiger partial charge in [0.15, 0.2) is 0 Å². The van der Waals surface area contributed by atoms with Crippen LogP contribution in [-0.2, 0) is 17.9 Å². The molecule has 4 nitrogen and oxygen atoms in total. The van der Waals surface area contributed by atoms with Gasteiger partial charge < -0.3 is 14.8 Å². The first-order valence-corrected chi connectivity index (χ1v) is 10.1. The van der Waals surface area contributed by atoms with Gasteiger partial charge in [0, 0.05) is 35.2 Å². The van der Waals surface area contributed by atoms with E-state index in [9.17, 15) is 0 Å². The fourth-order valence-corrected chi connectivity index (χ4v) is 3.36. The van der Waals surface area contributed by atoms with E-state index in [0.717, 1.165) is 79.3 Å². The second kappa shape index (κ2) is 14.3. The molecule has 29 heavy (non-hydrogen) atoms. The smallest absolute Gasteiger partial charge is 0.124 e. The molecule has 1 N–H and O–H groups in total. The summed E-state index contributed by atoms with van der Waals surface area (Å²) < 4.78 is 11.4. The van der Waals surface area contributed by atoms with E-state index in [-0.39, 0.29) is 24.8 Å². The Bertz CT molecular complexity index is 710. The van der Waals surface area contributed by atoms with Gasteiger partial charge in [-0.05, 0) is 55.4 Å². The molecule has 1 aliphatic rings. The van der Waals surface area contributed by atoms with Crippen LogP contribution in [0.3, 0.4) is 0 Å². The number of rotatable bonds is 9. The van der Waals surface area contributed by atoms with Crippen molar-refractivity contribution < 1.29 is 9.47 Å². The number of benzene rings is 2. The molecule has 0 aliphatic carbocycles. The monoisotopic (exact) mass is 480 g/mol. The van der Waals surface area contributed by atoms with Crippen molar-refractivity contribution in [1.29, 1.82) is 0 Å². The molecule has 1 heterocycles. The molecule has 0 amide bonds. The third-order valence-electron chi connectivity index (χ3n) is 4.58. The van der Waals surface area contributed by atoms with Gasteiger partial charge in [-0.3, -0.25) is 4.90 Å². The Morgan fingerprint density at radius 1 is 0.966 bits per heavy atom. The van der Waals surface area contributed by atoms with Gasteiger partial charge in [-0.2, -0.15) is 0 Å². The van der Waals surface area contributed by atoms with E-state index in [1.54, 1.807) is 0 Å². The summed E-state index contributed by atoms with van der Waals surface area (Å²) >= 11 is 12.1. The largest absolute Gasteiger partial charge is 0.489 e. The van der Waals surface area contributed by atoms with Crippen LogP contribution >= 0.6 is 48.0 Å². The van der Waals surface area contributed by atoms with Crippen molar-refractivity contribution in [2.24, 2.45) is 0 Å². The average molecular weight is 482 g/mol. The van der Waals surface area contributed by atoms with E-state index in [4.69, 9.17) is 32.7 Å². The quantitative estimate of drug-likeness (QED) is 0.497. The molecule has 0 aromatic heterocycles. The zero-order valence-electron chi connectivity index (χ0n) is 16.2. The lowest BCUT2D eigenvalue weighted by atomic mass is 10.2. The Labute approximate surface area is 195 Å². The maximum atomic E-state index is 6.18. The summed E-state index contributed by atoms with van der Waals surface area (Å²) in [7, 11) is 0. The molecule has 0 bridgehead atoms. The average Bonchev–Trinajstić information content (AvgIpc) is 2.69. The van der Waals surface area contributed by atoms with Crippen LogP contribution in [0.25, 0.3) is 0 Å². The summed E-state index contributed by atoms with van der Waals surface area (Å²) in [6.07, 6.45) is 1.11. The number of ether oxygens (including phenoxy) is 2. The molecule has 8 heteroatoms. The van der Waals surface area contributed by atoms with Gasteiger partial charge in [0.1, 0.15) is 12.4 Å². The topological polar surface area (TPSA) is 33.7 Å². The molecule has 0 atom stereocenters. The van der Waals surface area contributed by atoms with Crippen LogP contribution in [0.15, 0.2) is 42.5 Å². The molecule has 162 valence electrons. The highest BCUT2D eigenvalue weighted by atomic mass is 35.5. The number of morpholine rings is 1. The van der Waals surface area contributed by atoms with Gasteiger partial charge in [-0.1, -0.05) is 35.3 Å². The minimum Gasteiger partial charge on any atom is -0.489 e. The standard InChI is InChI=1S/C21H26Cl2N2O2.2ClH/c22-19-4-2-17(3-5-19)16-27-21-7-6-20(23)14-18(21)15-24-8-1-9-25-10-12-26-13-11-25;;/h2-7,14,24H,1,8-13,15-16H2;2*1H. The van der Waals surface area contributed by atoms with Gasteiger partial charge in [0.25, 0.3) is 0 Å². The van der Waals surface area contributed by atoms with Gasteiger partial charge in [0.2, 0.25) is 0 Å². The first-order chi connectivity index (χ1) is 13.2. The summed E-state index contributed by atoms with van der Waals surface area (Å²) in [5.41, 5.74) is 2.15. The van der Waals surface area contributed by atoms with E-state index < -0.39 is 0 Å². The van der Waals surface area contributed by atoms with Crippen LogP contribution < -0.4 is 10.1 Å². The van der Waals surface area contributed by atoms with Gasteiger partial charge in [0.05, 0.1) is 13.2 Å². The fourth-order valence-electron chi connectivity index (χ4n) is 3.04. The van der Waals surface area contributed by atoms with Crippen molar-refractivity contribution in [3.63, 3.8) is 0 Å². The zero-order chi connectivity index (χ0) is 18.9. The maximum absolute atomic E-state index is 6.18. The van der Waals surface area contributed by atoms with Gasteiger partial charge in [-0.25, -0.2) is 0 Å². The Morgan fingerprint density at radius 3 is 2.38 bits per heavy atom. The minimum absolute atomic E-state index is 0. The van der Waals surface area contributed by atoms with Crippen molar-refractivity contribution in [2.75, 3.05) is 39.4 Å². The van der Waals surface area contributed by atoms with Crippen LogP contribution in [0.5, 0.6) is 5.75 Å². The normalized spacial score (nSPS) is 14.0. The first-order valence-electron chi connectivity index (χ1n) is 9.37. The number of halogens is 4. The van der Waals surface area contributed by atoms with Crippen LogP contribution in [0.2, 0.25) is 10.0 Å². The van der Waals surface area contributed by atoms with Crippen molar-refractivity contribution in [3.8, 4) is 5.75 Å². The molecule has 0 unspecified atom stereocenters. The van der Waals surface area contributed by atoms with E-state index in [1.807, 2.05) is 42.5 Å². The number of nitrogens with one attached hydrogen (secondary N) is 1. The summed E-state index contributed by atoms with van der Waals surface area (Å²) in [5, 5.41) is 4.95. The zero-order valence-corrected chi connectivity index (χ0v) is 19.4. The second-order valence-electron chi connectivity index (χ2n) is 6.65. The van der Waals surface area contributed by atoms with Gasteiger partial charge >= 0.3 is 0 Å². The van der Waals surface area contributed by atoms with Crippen molar-refractivity contribution in [1.82, 2.24) is 10.2 Å². The number of nitrogens with zero attached hydrogens (tertiary/aromatic N) is 1. The number of hydrogen-bond acceptors (Lipinski definition) is 4. The van der Waals surface area contributed by atoms with Crippen LogP contribution in [-0.4, -0.2) is 44.3 Å². The van der Waals surface area contributed by atoms with Crippen molar-refractivity contribution >= 4 is 48.0 Å². The van der Waals surface area contributed by atoms with Crippen LogP contribution in [0, 0.1) is 0 Å². The molecule has 3 rings (SSSR count). The summed E-state index contributed by atoms with van der Waals surface area (Å²) in [4.78, 5) is 2.45. The highest BCUT2D eigenvalue weighted by Crippen LogP contribution is 2.24. The summed E-state index contributed by atoms with van der Waals surface area (Å²) in [5.74, 6) is 0.857. The third kappa shape index (κ3) is 9.31. The molecule has 2 aromatic carbocycles. The van der Waals surface area contributed by atoms with E-state index >= 15 is 0 Å².